The van der Waals surface area contributed by atoms with Crippen LogP contribution in [0.15, 0.2) is 12.1 Å². The first-order chi connectivity index (χ1) is 9.42. The highest BCUT2D eigenvalue weighted by Crippen LogP contribution is 2.24. The first-order valence-corrected chi connectivity index (χ1v) is 6.35. The number of halogens is 2. The Morgan fingerprint density at radius 2 is 1.70 bits per heavy atom. The summed E-state index contributed by atoms with van der Waals surface area (Å²) in [5.41, 5.74) is -1.14. The van der Waals surface area contributed by atoms with Gasteiger partial charge in [-0.05, 0) is 18.9 Å². The molecule has 0 saturated carbocycles. The molecule has 0 bridgehead atoms. The molecule has 1 amide bonds. The number of rotatable bonds is 6. The topological polar surface area (TPSA) is 63.5 Å². The number of nitro benzene ring substituents is 1. The molecule has 110 valence electrons. The molecule has 7 heteroatoms. The molecule has 0 aliphatic rings. The van der Waals surface area contributed by atoms with E-state index in [1.165, 1.54) is 4.90 Å². The average Bonchev–Trinajstić information content (AvgIpc) is 2.40. The lowest BCUT2D eigenvalue weighted by Crippen LogP contribution is -2.33. The molecule has 0 fully saturated rings. The molecule has 1 aromatic rings. The van der Waals surface area contributed by atoms with Gasteiger partial charge in [-0.25, -0.2) is 8.78 Å². The largest absolute Gasteiger partial charge is 0.338 e. The van der Waals surface area contributed by atoms with Crippen molar-refractivity contribution in [1.82, 2.24) is 4.90 Å². The molecule has 0 unspecified atom stereocenters. The minimum Gasteiger partial charge on any atom is -0.338 e. The van der Waals surface area contributed by atoms with Gasteiger partial charge in [-0.3, -0.25) is 14.9 Å². The first kappa shape index (κ1) is 16.0. The van der Waals surface area contributed by atoms with Crippen molar-refractivity contribution in [2.24, 2.45) is 0 Å². The number of nitro groups is 1. The summed E-state index contributed by atoms with van der Waals surface area (Å²) >= 11 is 0. The molecule has 0 spiro atoms. The van der Waals surface area contributed by atoms with E-state index in [9.17, 15) is 23.7 Å². The van der Waals surface area contributed by atoms with Gasteiger partial charge in [0, 0.05) is 13.1 Å². The number of carbonyl (C=O) groups excluding carboxylic acids is 1. The van der Waals surface area contributed by atoms with Gasteiger partial charge in [0.1, 0.15) is 5.56 Å². The van der Waals surface area contributed by atoms with Crippen LogP contribution < -0.4 is 0 Å². The lowest BCUT2D eigenvalue weighted by atomic mass is 10.1. The highest BCUT2D eigenvalue weighted by molar-refractivity contribution is 5.98. The fourth-order valence-electron chi connectivity index (χ4n) is 1.88. The summed E-state index contributed by atoms with van der Waals surface area (Å²) < 4.78 is 26.3. The van der Waals surface area contributed by atoms with E-state index in [2.05, 4.69) is 0 Å². The number of carbonyl (C=O) groups is 1. The van der Waals surface area contributed by atoms with Crippen molar-refractivity contribution in [3.8, 4) is 0 Å². The van der Waals surface area contributed by atoms with Crippen LogP contribution in [0.1, 0.15) is 37.0 Å². The Bertz CT molecular complexity index is 515. The summed E-state index contributed by atoms with van der Waals surface area (Å²) in [6.45, 7) is 4.52. The standard InChI is InChI=1S/C13H16F2N2O3/c1-3-5-16(6-4-2)13(18)9-7-10(14)11(15)8-12(9)17(19)20/h7-8H,3-6H2,1-2H3. The van der Waals surface area contributed by atoms with Gasteiger partial charge in [-0.1, -0.05) is 13.8 Å². The first-order valence-electron chi connectivity index (χ1n) is 6.35. The lowest BCUT2D eigenvalue weighted by Gasteiger charge is -2.21. The number of nitrogens with zero attached hydrogens (tertiary/aromatic N) is 2. The highest BCUT2D eigenvalue weighted by atomic mass is 19.2. The van der Waals surface area contributed by atoms with Crippen molar-refractivity contribution < 1.29 is 18.5 Å². The Morgan fingerprint density at radius 3 is 2.15 bits per heavy atom. The van der Waals surface area contributed by atoms with Crippen LogP contribution >= 0.6 is 0 Å². The van der Waals surface area contributed by atoms with Crippen LogP contribution in [0.5, 0.6) is 0 Å². The second-order valence-electron chi connectivity index (χ2n) is 4.33. The number of hydrogen-bond donors (Lipinski definition) is 0. The maximum atomic E-state index is 13.2. The molecule has 0 saturated heterocycles. The zero-order chi connectivity index (χ0) is 15.3. The van der Waals surface area contributed by atoms with Crippen LogP contribution in [-0.2, 0) is 0 Å². The van der Waals surface area contributed by atoms with Gasteiger partial charge in [0.05, 0.1) is 11.0 Å². The summed E-state index contributed by atoms with van der Waals surface area (Å²) in [5, 5.41) is 10.9. The fourth-order valence-corrected chi connectivity index (χ4v) is 1.88. The van der Waals surface area contributed by atoms with Crippen LogP contribution in [0.2, 0.25) is 0 Å². The lowest BCUT2D eigenvalue weighted by molar-refractivity contribution is -0.385. The highest BCUT2D eigenvalue weighted by Gasteiger charge is 2.26. The molecular formula is C13H16F2N2O3. The summed E-state index contributed by atoms with van der Waals surface area (Å²) in [4.78, 5) is 23.6. The normalized spacial score (nSPS) is 10.4. The van der Waals surface area contributed by atoms with Crippen LogP contribution in [-0.4, -0.2) is 28.8 Å². The van der Waals surface area contributed by atoms with Crippen molar-refractivity contribution in [3.63, 3.8) is 0 Å². The molecule has 0 heterocycles. The van der Waals surface area contributed by atoms with E-state index in [4.69, 9.17) is 0 Å². The molecule has 0 aliphatic carbocycles. The Morgan fingerprint density at radius 1 is 1.20 bits per heavy atom. The zero-order valence-corrected chi connectivity index (χ0v) is 11.4. The Hall–Kier alpha value is -2.05. The molecule has 20 heavy (non-hydrogen) atoms. The molecule has 5 nitrogen and oxygen atoms in total. The quantitative estimate of drug-likeness (QED) is 0.596. The Labute approximate surface area is 115 Å². The van der Waals surface area contributed by atoms with Gasteiger partial charge >= 0.3 is 0 Å². The van der Waals surface area contributed by atoms with Crippen molar-refractivity contribution in [2.45, 2.75) is 26.7 Å². The van der Waals surface area contributed by atoms with E-state index in [0.29, 0.717) is 38.1 Å². The molecule has 0 radical (unpaired) electrons. The minimum atomic E-state index is -1.34. The van der Waals surface area contributed by atoms with Gasteiger partial charge in [0.25, 0.3) is 11.6 Å². The van der Waals surface area contributed by atoms with Crippen LogP contribution in [0.4, 0.5) is 14.5 Å². The minimum absolute atomic E-state index is 0.406. The average molecular weight is 286 g/mol. The third-order valence-electron chi connectivity index (χ3n) is 2.74. The molecule has 1 aromatic carbocycles. The van der Waals surface area contributed by atoms with E-state index in [-0.39, 0.29) is 0 Å². The van der Waals surface area contributed by atoms with Crippen molar-refractivity contribution in [1.29, 1.82) is 0 Å². The molecular weight excluding hydrogens is 270 g/mol. The predicted molar refractivity (Wildman–Crippen MR) is 69.5 cm³/mol. The summed E-state index contributed by atoms with van der Waals surface area (Å²) in [6, 6.07) is 1.03. The van der Waals surface area contributed by atoms with Crippen molar-refractivity contribution in [2.75, 3.05) is 13.1 Å². The second-order valence-corrected chi connectivity index (χ2v) is 4.33. The zero-order valence-electron chi connectivity index (χ0n) is 11.4. The van der Waals surface area contributed by atoms with Gasteiger partial charge in [0.2, 0.25) is 0 Å². The van der Waals surface area contributed by atoms with E-state index in [1.54, 1.807) is 0 Å². The number of hydrogen-bond acceptors (Lipinski definition) is 3. The van der Waals surface area contributed by atoms with Crippen LogP contribution in [0.3, 0.4) is 0 Å². The maximum absolute atomic E-state index is 13.2. The van der Waals surface area contributed by atoms with Gasteiger partial charge in [-0.15, -0.1) is 0 Å². The molecule has 0 atom stereocenters. The molecule has 0 aromatic heterocycles. The summed E-state index contributed by atoms with van der Waals surface area (Å²) in [5.74, 6) is -3.27. The molecule has 0 aliphatic heterocycles. The monoisotopic (exact) mass is 286 g/mol. The molecule has 0 N–H and O–H groups in total. The smallest absolute Gasteiger partial charge is 0.285 e. The number of benzene rings is 1. The SMILES string of the molecule is CCCN(CCC)C(=O)c1cc(F)c(F)cc1[N+](=O)[O-]. The third-order valence-corrected chi connectivity index (χ3v) is 2.74. The van der Waals surface area contributed by atoms with Crippen molar-refractivity contribution >= 4 is 11.6 Å². The Kier molecular flexibility index (Phi) is 5.54. The van der Waals surface area contributed by atoms with Crippen LogP contribution in [0.25, 0.3) is 0 Å². The van der Waals surface area contributed by atoms with E-state index in [1.807, 2.05) is 13.8 Å². The molecule has 1 rings (SSSR count). The Balaban J connectivity index is 3.25. The maximum Gasteiger partial charge on any atom is 0.285 e. The second kappa shape index (κ2) is 6.93. The van der Waals surface area contributed by atoms with Gasteiger partial charge in [0.15, 0.2) is 11.6 Å². The van der Waals surface area contributed by atoms with Gasteiger partial charge in [-0.2, -0.15) is 0 Å². The van der Waals surface area contributed by atoms with Gasteiger partial charge < -0.3 is 4.90 Å². The number of amides is 1. The summed E-state index contributed by atoms with van der Waals surface area (Å²) in [7, 11) is 0. The van der Waals surface area contributed by atoms with E-state index < -0.39 is 33.7 Å². The summed E-state index contributed by atoms with van der Waals surface area (Å²) in [6.07, 6.45) is 1.34. The third kappa shape index (κ3) is 3.49. The van der Waals surface area contributed by atoms with Crippen molar-refractivity contribution in [3.05, 3.63) is 39.4 Å². The van der Waals surface area contributed by atoms with E-state index >= 15 is 0 Å². The fraction of sp³-hybridized carbons (Fsp3) is 0.462. The van der Waals surface area contributed by atoms with E-state index in [0.717, 1.165) is 0 Å². The predicted octanol–water partition coefficient (Wildman–Crippen LogP) is 3.14. The van der Waals surface area contributed by atoms with Crippen LogP contribution in [0, 0.1) is 21.7 Å².